The number of fused-ring (bicyclic) bond motifs is 1. The van der Waals surface area contributed by atoms with Crippen molar-refractivity contribution in [2.24, 2.45) is 11.7 Å². The van der Waals surface area contributed by atoms with Gasteiger partial charge in [0.1, 0.15) is 23.9 Å². The number of thioether (sulfide) groups is 1. The van der Waals surface area contributed by atoms with Crippen LogP contribution in [0.2, 0.25) is 0 Å². The van der Waals surface area contributed by atoms with Gasteiger partial charge in [0.05, 0.1) is 19.4 Å². The van der Waals surface area contributed by atoms with E-state index in [9.17, 15) is 34.2 Å². The number of nitrogens with zero attached hydrogens (tertiary/aromatic N) is 1. The number of hydrogen-bond acceptors (Lipinski definition) is 9. The molecular formula is C35H40N4O8S. The van der Waals surface area contributed by atoms with E-state index in [1.165, 1.54) is 12.0 Å². The van der Waals surface area contributed by atoms with Gasteiger partial charge in [0, 0.05) is 24.5 Å². The van der Waals surface area contributed by atoms with Crippen molar-refractivity contribution in [2.45, 2.75) is 56.0 Å². The number of carbonyl (C=O) groups is 5. The van der Waals surface area contributed by atoms with Gasteiger partial charge in [-0.3, -0.25) is 24.0 Å². The Hall–Kier alpha value is -4.46. The molecule has 12 nitrogen and oxygen atoms in total. The van der Waals surface area contributed by atoms with E-state index in [1.807, 2.05) is 42.5 Å². The number of primary amides is 1. The molecule has 5 rings (SSSR count). The molecule has 1 saturated carbocycles. The molecule has 3 aromatic carbocycles. The van der Waals surface area contributed by atoms with E-state index in [4.69, 9.17) is 10.5 Å². The molecule has 1 saturated heterocycles. The fourth-order valence-electron chi connectivity index (χ4n) is 5.94. The molecule has 2 fully saturated rings. The number of carbonyl (C=O) groups excluding carboxylic acids is 5. The second-order valence-electron chi connectivity index (χ2n) is 12.2. The maximum Gasteiger partial charge on any atom is 0.246 e. The quantitative estimate of drug-likeness (QED) is 0.156. The van der Waals surface area contributed by atoms with Crippen molar-refractivity contribution in [3.8, 4) is 5.75 Å². The number of likely N-dealkylation sites (tertiary alicyclic amines) is 1. The van der Waals surface area contributed by atoms with Gasteiger partial charge in [0.25, 0.3) is 0 Å². The van der Waals surface area contributed by atoms with E-state index in [0.717, 1.165) is 28.1 Å². The molecule has 0 aromatic heterocycles. The first-order valence-corrected chi connectivity index (χ1v) is 17.0. The SMILES string of the molecule is COc1ccc(CC(=O)N[C@@H](CSCC2C(=O)C2(O)O)C(=O)N2CCCC[C@H]2C(=O)N[C@@H](Cc2ccc3ccccc3c2)C(N)=O)cc1. The van der Waals surface area contributed by atoms with E-state index in [2.05, 4.69) is 10.6 Å². The monoisotopic (exact) mass is 676 g/mol. The van der Waals surface area contributed by atoms with Gasteiger partial charge in [-0.2, -0.15) is 11.8 Å². The molecular weight excluding hydrogens is 636 g/mol. The molecule has 6 N–H and O–H groups in total. The van der Waals surface area contributed by atoms with Gasteiger partial charge in [-0.15, -0.1) is 0 Å². The van der Waals surface area contributed by atoms with Crippen LogP contribution in [-0.2, 0) is 36.8 Å². The Morgan fingerprint density at radius 1 is 0.979 bits per heavy atom. The zero-order valence-electron chi connectivity index (χ0n) is 26.6. The fraction of sp³-hybridized carbons (Fsp3) is 0.400. The highest BCUT2D eigenvalue weighted by Gasteiger charge is 2.63. The first kappa shape index (κ1) is 34.9. The van der Waals surface area contributed by atoms with Gasteiger partial charge < -0.3 is 36.2 Å². The van der Waals surface area contributed by atoms with E-state index >= 15 is 0 Å². The molecule has 1 unspecified atom stereocenters. The number of Topliss-reactive ketones (excluding diaryl/α,β-unsaturated/α-hetero) is 1. The summed E-state index contributed by atoms with van der Waals surface area (Å²) in [6.45, 7) is 0.260. The maximum atomic E-state index is 14.0. The minimum Gasteiger partial charge on any atom is -0.497 e. The number of hydrogen-bond donors (Lipinski definition) is 5. The summed E-state index contributed by atoms with van der Waals surface area (Å²) in [5.74, 6) is -5.47. The zero-order valence-corrected chi connectivity index (χ0v) is 27.4. The molecule has 4 atom stereocenters. The Balaban J connectivity index is 1.28. The number of nitrogens with two attached hydrogens (primary N) is 1. The molecule has 48 heavy (non-hydrogen) atoms. The van der Waals surface area contributed by atoms with Crippen LogP contribution in [-0.4, -0.2) is 93.6 Å². The summed E-state index contributed by atoms with van der Waals surface area (Å²) in [6.07, 6.45) is 1.82. The molecule has 13 heteroatoms. The van der Waals surface area contributed by atoms with Gasteiger partial charge in [0.15, 0.2) is 0 Å². The summed E-state index contributed by atoms with van der Waals surface area (Å²) in [5.41, 5.74) is 7.22. The van der Waals surface area contributed by atoms with Crippen molar-refractivity contribution < 1.29 is 38.9 Å². The van der Waals surface area contributed by atoms with E-state index in [-0.39, 0.29) is 30.9 Å². The number of nitrogens with one attached hydrogen (secondary N) is 2. The minimum absolute atomic E-state index is 0.0189. The Labute approximate surface area is 282 Å². The maximum absolute atomic E-state index is 14.0. The first-order valence-electron chi connectivity index (χ1n) is 15.8. The Morgan fingerprint density at radius 3 is 2.33 bits per heavy atom. The van der Waals surface area contributed by atoms with Crippen LogP contribution in [0.25, 0.3) is 10.8 Å². The highest BCUT2D eigenvalue weighted by atomic mass is 32.2. The van der Waals surface area contributed by atoms with Gasteiger partial charge in [-0.05, 0) is 53.3 Å². The normalized spacial score (nSPS) is 19.6. The number of piperidine rings is 1. The predicted molar refractivity (Wildman–Crippen MR) is 180 cm³/mol. The van der Waals surface area contributed by atoms with Crippen LogP contribution in [0, 0.1) is 5.92 Å². The second-order valence-corrected chi connectivity index (χ2v) is 13.3. The van der Waals surface area contributed by atoms with Crippen molar-refractivity contribution >= 4 is 51.9 Å². The Kier molecular flexibility index (Phi) is 11.0. The number of amides is 4. The van der Waals surface area contributed by atoms with Crippen molar-refractivity contribution in [1.82, 2.24) is 15.5 Å². The number of benzene rings is 3. The van der Waals surface area contributed by atoms with Crippen molar-refractivity contribution in [1.29, 1.82) is 0 Å². The standard InChI is InChI=1S/C35H40N4O8S/c1-47-25-13-10-21(11-14-25)18-30(40)37-28(20-48-19-26-31(41)35(26,45)46)34(44)39-15-5-4-8-29(39)33(43)38-27(32(36)42)17-22-9-12-23-6-2-3-7-24(23)16-22/h2-3,6-7,9-14,16,26-29,45-46H,4-5,8,15,17-20H2,1H3,(H2,36,42)(H,37,40)(H,38,43)/t26?,27-,28-,29-/m0/s1. The third-order valence-corrected chi connectivity index (χ3v) is 9.95. The lowest BCUT2D eigenvalue weighted by molar-refractivity contribution is -0.145. The van der Waals surface area contributed by atoms with Crippen molar-refractivity contribution in [2.75, 3.05) is 25.2 Å². The zero-order chi connectivity index (χ0) is 34.4. The molecule has 1 aliphatic carbocycles. The average molecular weight is 677 g/mol. The average Bonchev–Trinajstić information content (AvgIpc) is 3.57. The highest BCUT2D eigenvalue weighted by Crippen LogP contribution is 2.38. The lowest BCUT2D eigenvalue weighted by Gasteiger charge is -2.37. The largest absolute Gasteiger partial charge is 0.497 e. The molecule has 2 aliphatic rings. The summed E-state index contributed by atoms with van der Waals surface area (Å²) in [5, 5.41) is 27.0. The summed E-state index contributed by atoms with van der Waals surface area (Å²) in [7, 11) is 1.54. The predicted octanol–water partition coefficient (Wildman–Crippen LogP) is 1.08. The third kappa shape index (κ3) is 8.33. The number of methoxy groups -OCH3 is 1. The van der Waals surface area contributed by atoms with Gasteiger partial charge in [0.2, 0.25) is 35.2 Å². The smallest absolute Gasteiger partial charge is 0.246 e. The van der Waals surface area contributed by atoms with Crippen molar-refractivity contribution in [3.63, 3.8) is 0 Å². The van der Waals surface area contributed by atoms with Crippen LogP contribution in [0.5, 0.6) is 5.75 Å². The molecule has 0 radical (unpaired) electrons. The fourth-order valence-corrected chi connectivity index (χ4v) is 7.16. The first-order chi connectivity index (χ1) is 23.0. The summed E-state index contributed by atoms with van der Waals surface area (Å²) in [6, 6.07) is 17.5. The van der Waals surface area contributed by atoms with Gasteiger partial charge in [-0.1, -0.05) is 54.6 Å². The molecule has 0 bridgehead atoms. The second kappa shape index (κ2) is 15.2. The number of aliphatic hydroxyl groups is 2. The Bertz CT molecular complexity index is 1680. The molecule has 3 aromatic rings. The van der Waals surface area contributed by atoms with Gasteiger partial charge >= 0.3 is 0 Å². The lowest BCUT2D eigenvalue weighted by Crippen LogP contribution is -2.60. The molecule has 1 aliphatic heterocycles. The minimum atomic E-state index is -2.37. The highest BCUT2D eigenvalue weighted by molar-refractivity contribution is 7.99. The number of ether oxygens (including phenoxy) is 1. The van der Waals surface area contributed by atoms with E-state index in [0.29, 0.717) is 30.6 Å². The summed E-state index contributed by atoms with van der Waals surface area (Å²) in [4.78, 5) is 66.5. The van der Waals surface area contributed by atoms with Crippen LogP contribution in [0.1, 0.15) is 30.4 Å². The molecule has 0 spiro atoms. The van der Waals surface area contributed by atoms with Crippen LogP contribution >= 0.6 is 11.8 Å². The summed E-state index contributed by atoms with van der Waals surface area (Å²) >= 11 is 1.13. The van der Waals surface area contributed by atoms with Crippen LogP contribution in [0.15, 0.2) is 66.7 Å². The number of rotatable bonds is 14. The van der Waals surface area contributed by atoms with Crippen LogP contribution in [0.3, 0.4) is 0 Å². The molecule has 4 amide bonds. The topological polar surface area (TPSA) is 188 Å². The lowest BCUT2D eigenvalue weighted by atomic mass is 9.98. The third-order valence-electron chi connectivity index (χ3n) is 8.81. The van der Waals surface area contributed by atoms with Gasteiger partial charge in [-0.25, -0.2) is 0 Å². The number of ketones is 1. The summed E-state index contributed by atoms with van der Waals surface area (Å²) < 4.78 is 5.17. The van der Waals surface area contributed by atoms with E-state index in [1.54, 1.807) is 24.3 Å². The molecule has 254 valence electrons. The van der Waals surface area contributed by atoms with Crippen molar-refractivity contribution in [3.05, 3.63) is 77.9 Å². The van der Waals surface area contributed by atoms with E-state index < -0.39 is 59.2 Å². The van der Waals surface area contributed by atoms with Crippen LogP contribution < -0.4 is 21.1 Å². The molecule has 1 heterocycles. The van der Waals surface area contributed by atoms with Crippen LogP contribution in [0.4, 0.5) is 0 Å². The Morgan fingerprint density at radius 2 is 1.67 bits per heavy atom.